The zero-order chi connectivity index (χ0) is 12.0. The quantitative estimate of drug-likeness (QED) is 0.776. The van der Waals surface area contributed by atoms with Crippen LogP contribution in [0.2, 0.25) is 0 Å². The lowest BCUT2D eigenvalue weighted by molar-refractivity contribution is 0.0935. The van der Waals surface area contributed by atoms with E-state index in [1.165, 1.54) is 12.3 Å². The number of amides is 1. The van der Waals surface area contributed by atoms with E-state index in [0.29, 0.717) is 17.7 Å². The predicted octanol–water partition coefficient (Wildman–Crippen LogP) is 1.65. The molecule has 0 fully saturated rings. The molecule has 0 aliphatic carbocycles. The molecular weight excluding hydrogens is 202 g/mol. The van der Waals surface area contributed by atoms with Crippen LogP contribution < -0.4 is 5.32 Å². The Bertz CT molecular complexity index is 417. The van der Waals surface area contributed by atoms with Crippen LogP contribution in [0, 0.1) is 11.3 Å². The standard InChI is InChI=1S/C12H13N3O/c1-3-4-9(2)15-12(16)11-6-5-10(7-13)8-14-11/h3,5-6,8-9H,1,4H2,2H3,(H,15,16). The van der Waals surface area contributed by atoms with Gasteiger partial charge in [0.15, 0.2) is 0 Å². The molecular formula is C12H13N3O. The van der Waals surface area contributed by atoms with E-state index in [2.05, 4.69) is 16.9 Å². The number of hydrogen-bond donors (Lipinski definition) is 1. The maximum atomic E-state index is 11.6. The Balaban J connectivity index is 2.66. The topological polar surface area (TPSA) is 65.8 Å². The molecule has 0 radical (unpaired) electrons. The van der Waals surface area contributed by atoms with Crippen LogP contribution in [0.1, 0.15) is 29.4 Å². The molecule has 0 aliphatic heterocycles. The fraction of sp³-hybridized carbons (Fsp3) is 0.250. The van der Waals surface area contributed by atoms with Gasteiger partial charge >= 0.3 is 0 Å². The Morgan fingerprint density at radius 1 is 1.75 bits per heavy atom. The summed E-state index contributed by atoms with van der Waals surface area (Å²) in [6.45, 7) is 5.49. The second kappa shape index (κ2) is 5.66. The maximum Gasteiger partial charge on any atom is 0.270 e. The average molecular weight is 215 g/mol. The Labute approximate surface area is 94.6 Å². The summed E-state index contributed by atoms with van der Waals surface area (Å²) in [4.78, 5) is 15.5. The lowest BCUT2D eigenvalue weighted by Crippen LogP contribution is -2.32. The summed E-state index contributed by atoms with van der Waals surface area (Å²) in [6.07, 6.45) is 3.84. The monoisotopic (exact) mass is 215 g/mol. The molecule has 1 rings (SSSR count). The van der Waals surface area contributed by atoms with E-state index in [1.807, 2.05) is 13.0 Å². The molecule has 1 aromatic heterocycles. The van der Waals surface area contributed by atoms with E-state index in [-0.39, 0.29) is 11.9 Å². The minimum Gasteiger partial charge on any atom is -0.348 e. The van der Waals surface area contributed by atoms with Gasteiger partial charge in [0, 0.05) is 12.2 Å². The van der Waals surface area contributed by atoms with Gasteiger partial charge in [-0.3, -0.25) is 4.79 Å². The van der Waals surface area contributed by atoms with E-state index in [4.69, 9.17) is 5.26 Å². The summed E-state index contributed by atoms with van der Waals surface area (Å²) in [5.41, 5.74) is 0.755. The van der Waals surface area contributed by atoms with Gasteiger partial charge in [-0.05, 0) is 25.5 Å². The van der Waals surface area contributed by atoms with Crippen LogP contribution in [-0.4, -0.2) is 16.9 Å². The molecule has 0 aliphatic rings. The fourth-order valence-corrected chi connectivity index (χ4v) is 1.20. The molecule has 1 atom stereocenters. The number of nitrogens with zero attached hydrogens (tertiary/aromatic N) is 2. The van der Waals surface area contributed by atoms with Gasteiger partial charge in [-0.2, -0.15) is 5.26 Å². The number of rotatable bonds is 4. The number of nitrogens with one attached hydrogen (secondary N) is 1. The van der Waals surface area contributed by atoms with Crippen molar-refractivity contribution in [2.24, 2.45) is 0 Å². The van der Waals surface area contributed by atoms with Crippen molar-refractivity contribution >= 4 is 5.91 Å². The van der Waals surface area contributed by atoms with Crippen LogP contribution in [0.3, 0.4) is 0 Å². The van der Waals surface area contributed by atoms with Crippen molar-refractivity contribution in [3.63, 3.8) is 0 Å². The molecule has 16 heavy (non-hydrogen) atoms. The normalized spacial score (nSPS) is 11.2. The zero-order valence-electron chi connectivity index (χ0n) is 9.10. The third-order valence-electron chi connectivity index (χ3n) is 2.02. The highest BCUT2D eigenvalue weighted by molar-refractivity contribution is 5.92. The second-order valence-electron chi connectivity index (χ2n) is 3.44. The van der Waals surface area contributed by atoms with E-state index in [0.717, 1.165) is 0 Å². The van der Waals surface area contributed by atoms with Crippen LogP contribution >= 0.6 is 0 Å². The lowest BCUT2D eigenvalue weighted by atomic mass is 10.2. The van der Waals surface area contributed by atoms with Gasteiger partial charge in [-0.15, -0.1) is 6.58 Å². The first-order valence-corrected chi connectivity index (χ1v) is 4.95. The summed E-state index contributed by atoms with van der Waals surface area (Å²) in [7, 11) is 0. The minimum atomic E-state index is -0.237. The van der Waals surface area contributed by atoms with Crippen LogP contribution in [0.25, 0.3) is 0 Å². The molecule has 0 saturated carbocycles. The number of aromatic nitrogens is 1. The average Bonchev–Trinajstić information content (AvgIpc) is 2.29. The van der Waals surface area contributed by atoms with Crippen molar-refractivity contribution in [1.29, 1.82) is 5.26 Å². The van der Waals surface area contributed by atoms with Crippen molar-refractivity contribution in [3.8, 4) is 6.07 Å². The summed E-state index contributed by atoms with van der Waals surface area (Å²) in [5.74, 6) is -0.237. The predicted molar refractivity (Wildman–Crippen MR) is 60.7 cm³/mol. The molecule has 1 N–H and O–H groups in total. The highest BCUT2D eigenvalue weighted by Gasteiger charge is 2.09. The van der Waals surface area contributed by atoms with E-state index >= 15 is 0 Å². The van der Waals surface area contributed by atoms with Gasteiger partial charge in [0.1, 0.15) is 11.8 Å². The number of pyridine rings is 1. The molecule has 4 heteroatoms. The fourth-order valence-electron chi connectivity index (χ4n) is 1.20. The molecule has 0 bridgehead atoms. The van der Waals surface area contributed by atoms with Crippen LogP contribution in [-0.2, 0) is 0 Å². The Morgan fingerprint density at radius 2 is 2.50 bits per heavy atom. The first kappa shape index (κ1) is 11.9. The van der Waals surface area contributed by atoms with Crippen molar-refractivity contribution in [2.45, 2.75) is 19.4 Å². The lowest BCUT2D eigenvalue weighted by Gasteiger charge is -2.10. The molecule has 4 nitrogen and oxygen atoms in total. The van der Waals surface area contributed by atoms with Crippen LogP contribution in [0.15, 0.2) is 31.0 Å². The molecule has 0 saturated heterocycles. The summed E-state index contributed by atoms with van der Waals surface area (Å²) < 4.78 is 0. The number of nitriles is 1. The Morgan fingerprint density at radius 3 is 3.00 bits per heavy atom. The number of hydrogen-bond acceptors (Lipinski definition) is 3. The minimum absolute atomic E-state index is 0.0300. The molecule has 0 aromatic carbocycles. The SMILES string of the molecule is C=CCC(C)NC(=O)c1ccc(C#N)cn1. The van der Waals surface area contributed by atoms with E-state index in [9.17, 15) is 4.79 Å². The number of carbonyl (C=O) groups is 1. The van der Waals surface area contributed by atoms with E-state index < -0.39 is 0 Å². The molecule has 1 unspecified atom stereocenters. The van der Waals surface area contributed by atoms with Crippen molar-refractivity contribution in [2.75, 3.05) is 0 Å². The van der Waals surface area contributed by atoms with Crippen LogP contribution in [0.5, 0.6) is 0 Å². The largest absolute Gasteiger partial charge is 0.348 e. The van der Waals surface area contributed by atoms with Crippen molar-refractivity contribution < 1.29 is 4.79 Å². The van der Waals surface area contributed by atoms with Crippen LogP contribution in [0.4, 0.5) is 0 Å². The molecule has 82 valence electrons. The first-order chi connectivity index (χ1) is 7.67. The molecule has 1 heterocycles. The first-order valence-electron chi connectivity index (χ1n) is 4.95. The Kier molecular flexibility index (Phi) is 4.22. The summed E-state index contributed by atoms with van der Waals surface area (Å²) in [6, 6.07) is 5.08. The van der Waals surface area contributed by atoms with Gasteiger partial charge < -0.3 is 5.32 Å². The van der Waals surface area contributed by atoms with Crippen molar-refractivity contribution in [3.05, 3.63) is 42.2 Å². The molecule has 1 amide bonds. The highest BCUT2D eigenvalue weighted by atomic mass is 16.1. The maximum absolute atomic E-state index is 11.6. The summed E-state index contributed by atoms with van der Waals surface area (Å²) in [5, 5.41) is 11.4. The van der Waals surface area contributed by atoms with Gasteiger partial charge in [-0.1, -0.05) is 6.08 Å². The van der Waals surface area contributed by atoms with E-state index in [1.54, 1.807) is 12.1 Å². The zero-order valence-corrected chi connectivity index (χ0v) is 9.10. The molecule has 0 spiro atoms. The second-order valence-corrected chi connectivity index (χ2v) is 3.44. The highest BCUT2D eigenvalue weighted by Crippen LogP contribution is 2.00. The van der Waals surface area contributed by atoms with Gasteiger partial charge in [0.25, 0.3) is 5.91 Å². The third-order valence-corrected chi connectivity index (χ3v) is 2.02. The van der Waals surface area contributed by atoms with Crippen molar-refractivity contribution in [1.82, 2.24) is 10.3 Å². The smallest absolute Gasteiger partial charge is 0.270 e. The number of carbonyl (C=O) groups excluding carboxylic acids is 1. The third kappa shape index (κ3) is 3.21. The van der Waals surface area contributed by atoms with Gasteiger partial charge in [-0.25, -0.2) is 4.98 Å². The van der Waals surface area contributed by atoms with Gasteiger partial charge in [0.2, 0.25) is 0 Å². The molecule has 1 aromatic rings. The summed E-state index contributed by atoms with van der Waals surface area (Å²) >= 11 is 0. The Hall–Kier alpha value is -2.15. The van der Waals surface area contributed by atoms with Gasteiger partial charge in [0.05, 0.1) is 5.56 Å².